The lowest BCUT2D eigenvalue weighted by molar-refractivity contribution is 0.116. The Balaban J connectivity index is 2.13. The summed E-state index contributed by atoms with van der Waals surface area (Å²) in [4.78, 5) is 0. The van der Waals surface area contributed by atoms with Gasteiger partial charge in [0.25, 0.3) is 0 Å². The van der Waals surface area contributed by atoms with E-state index < -0.39 is 0 Å². The van der Waals surface area contributed by atoms with Crippen LogP contribution in [0.15, 0.2) is 22.7 Å². The number of hydrogen-bond donors (Lipinski definition) is 1. The summed E-state index contributed by atoms with van der Waals surface area (Å²) >= 11 is 3.58. The fraction of sp³-hybridized carbons (Fsp3) is 0.667. The Kier molecular flexibility index (Phi) is 5.84. The van der Waals surface area contributed by atoms with Crippen molar-refractivity contribution < 1.29 is 4.39 Å². The van der Waals surface area contributed by atoms with Gasteiger partial charge in [0.05, 0.1) is 0 Å². The van der Waals surface area contributed by atoms with Crippen LogP contribution in [0.2, 0.25) is 0 Å². The fourth-order valence-electron chi connectivity index (χ4n) is 3.61. The second-order valence-corrected chi connectivity index (χ2v) is 8.03. The molecule has 0 heterocycles. The summed E-state index contributed by atoms with van der Waals surface area (Å²) in [7, 11) is 0. The van der Waals surface area contributed by atoms with Gasteiger partial charge in [0, 0.05) is 4.47 Å². The van der Waals surface area contributed by atoms with E-state index in [0.717, 1.165) is 29.5 Å². The van der Waals surface area contributed by atoms with Crippen LogP contribution in [0.25, 0.3) is 0 Å². The normalized spacial score (nSPS) is 25.0. The highest BCUT2D eigenvalue weighted by atomic mass is 79.9. The van der Waals surface area contributed by atoms with E-state index in [1.165, 1.54) is 25.3 Å². The number of benzene rings is 1. The summed E-state index contributed by atoms with van der Waals surface area (Å²) in [5.74, 6) is 1.20. The van der Waals surface area contributed by atoms with Gasteiger partial charge in [-0.1, -0.05) is 36.7 Å². The number of rotatable bonds is 5. The van der Waals surface area contributed by atoms with Gasteiger partial charge in [0.1, 0.15) is 5.82 Å². The van der Waals surface area contributed by atoms with E-state index in [1.54, 1.807) is 6.07 Å². The monoisotopic (exact) mass is 355 g/mol. The van der Waals surface area contributed by atoms with E-state index in [-0.39, 0.29) is 5.82 Å². The van der Waals surface area contributed by atoms with E-state index in [9.17, 15) is 4.39 Å². The summed E-state index contributed by atoms with van der Waals surface area (Å²) in [6, 6.07) is 5.04. The molecule has 21 heavy (non-hydrogen) atoms. The molecule has 1 nitrogen and oxygen atoms in total. The van der Waals surface area contributed by atoms with Crippen molar-refractivity contribution in [1.82, 2.24) is 5.32 Å². The highest BCUT2D eigenvalue weighted by molar-refractivity contribution is 9.10. The third-order valence-electron chi connectivity index (χ3n) is 4.82. The first-order chi connectivity index (χ1) is 9.91. The van der Waals surface area contributed by atoms with Gasteiger partial charge >= 0.3 is 0 Å². The van der Waals surface area contributed by atoms with Crippen molar-refractivity contribution in [2.24, 2.45) is 17.3 Å². The van der Waals surface area contributed by atoms with Crippen LogP contribution in [0.4, 0.5) is 4.39 Å². The molecule has 0 aliphatic heterocycles. The van der Waals surface area contributed by atoms with Gasteiger partial charge in [-0.2, -0.15) is 0 Å². The minimum atomic E-state index is -0.133. The van der Waals surface area contributed by atoms with Gasteiger partial charge in [0.15, 0.2) is 0 Å². The van der Waals surface area contributed by atoms with Crippen molar-refractivity contribution in [1.29, 1.82) is 0 Å². The number of hydrogen-bond acceptors (Lipinski definition) is 1. The average Bonchev–Trinajstić information content (AvgIpc) is 2.41. The minimum absolute atomic E-state index is 0.133. The SMILES string of the molecule is CCNCC1CCC(C)(C)CC1Cc1cc(F)ccc1Br. The van der Waals surface area contributed by atoms with Crippen molar-refractivity contribution >= 4 is 15.9 Å². The summed E-state index contributed by atoms with van der Waals surface area (Å²) in [6.07, 6.45) is 4.77. The van der Waals surface area contributed by atoms with E-state index in [0.29, 0.717) is 17.3 Å². The summed E-state index contributed by atoms with van der Waals surface area (Å²) in [5, 5.41) is 3.50. The molecule has 118 valence electrons. The second kappa shape index (κ2) is 7.23. The Hall–Kier alpha value is -0.410. The largest absolute Gasteiger partial charge is 0.317 e. The molecule has 1 aromatic carbocycles. The molecule has 3 heteroatoms. The summed E-state index contributed by atoms with van der Waals surface area (Å²) in [6.45, 7) is 9.00. The van der Waals surface area contributed by atoms with Gasteiger partial charge < -0.3 is 5.32 Å². The van der Waals surface area contributed by atoms with E-state index in [2.05, 4.69) is 42.0 Å². The molecule has 1 fully saturated rings. The van der Waals surface area contributed by atoms with Crippen LogP contribution in [-0.4, -0.2) is 13.1 Å². The molecule has 0 aromatic heterocycles. The predicted molar refractivity (Wildman–Crippen MR) is 91.0 cm³/mol. The molecule has 2 rings (SSSR count). The van der Waals surface area contributed by atoms with Crippen molar-refractivity contribution in [2.45, 2.75) is 46.5 Å². The van der Waals surface area contributed by atoms with Crippen LogP contribution in [0.3, 0.4) is 0 Å². The minimum Gasteiger partial charge on any atom is -0.317 e. The first-order valence-corrected chi connectivity index (χ1v) is 8.85. The lowest BCUT2D eigenvalue weighted by Crippen LogP contribution is -2.37. The fourth-order valence-corrected chi connectivity index (χ4v) is 4.02. The van der Waals surface area contributed by atoms with Crippen LogP contribution in [0.1, 0.15) is 45.6 Å². The highest BCUT2D eigenvalue weighted by Crippen LogP contribution is 2.43. The zero-order valence-electron chi connectivity index (χ0n) is 13.4. The maximum Gasteiger partial charge on any atom is 0.123 e. The molecule has 0 radical (unpaired) electrons. The Bertz CT molecular complexity index is 472. The standard InChI is InChI=1S/C18H27BrFN/c1-4-21-12-13-7-8-18(2,3)11-15(13)9-14-10-16(20)5-6-17(14)19/h5-6,10,13,15,21H,4,7-9,11-12H2,1-3H3. The van der Waals surface area contributed by atoms with E-state index in [4.69, 9.17) is 0 Å². The first-order valence-electron chi connectivity index (χ1n) is 8.06. The lowest BCUT2D eigenvalue weighted by atomic mass is 9.65. The van der Waals surface area contributed by atoms with Crippen LogP contribution < -0.4 is 5.32 Å². The zero-order valence-corrected chi connectivity index (χ0v) is 15.0. The molecule has 1 aromatic rings. The average molecular weight is 356 g/mol. The third-order valence-corrected chi connectivity index (χ3v) is 5.59. The Labute approximate surface area is 136 Å². The maximum absolute atomic E-state index is 13.5. The molecule has 2 atom stereocenters. The smallest absolute Gasteiger partial charge is 0.123 e. The van der Waals surface area contributed by atoms with E-state index in [1.807, 2.05) is 6.07 Å². The third kappa shape index (κ3) is 4.79. The van der Waals surface area contributed by atoms with Crippen molar-refractivity contribution in [3.8, 4) is 0 Å². The van der Waals surface area contributed by atoms with Gasteiger partial charge in [0.2, 0.25) is 0 Å². The number of halogens is 2. The van der Waals surface area contributed by atoms with Crippen molar-refractivity contribution in [3.63, 3.8) is 0 Å². The molecule has 0 amide bonds. The predicted octanol–water partition coefficient (Wildman–Crippen LogP) is 5.18. The van der Waals surface area contributed by atoms with Crippen molar-refractivity contribution in [2.75, 3.05) is 13.1 Å². The molecule has 1 aliphatic carbocycles. The Morgan fingerprint density at radius 3 is 2.81 bits per heavy atom. The molecular weight excluding hydrogens is 329 g/mol. The number of nitrogens with one attached hydrogen (secondary N) is 1. The molecule has 2 unspecified atom stereocenters. The Morgan fingerprint density at radius 2 is 2.10 bits per heavy atom. The second-order valence-electron chi connectivity index (χ2n) is 7.17. The van der Waals surface area contributed by atoms with Gasteiger partial charge in [-0.05, 0) is 79.8 Å². The van der Waals surface area contributed by atoms with Crippen molar-refractivity contribution in [3.05, 3.63) is 34.1 Å². The quantitative estimate of drug-likeness (QED) is 0.766. The van der Waals surface area contributed by atoms with E-state index >= 15 is 0 Å². The molecule has 0 bridgehead atoms. The first kappa shape index (κ1) is 17.0. The molecule has 0 spiro atoms. The Morgan fingerprint density at radius 1 is 1.33 bits per heavy atom. The summed E-state index contributed by atoms with van der Waals surface area (Å²) in [5.41, 5.74) is 1.52. The zero-order chi connectivity index (χ0) is 15.5. The van der Waals surface area contributed by atoms with Crippen LogP contribution >= 0.6 is 15.9 Å². The molecule has 1 N–H and O–H groups in total. The van der Waals surface area contributed by atoms with Gasteiger partial charge in [-0.3, -0.25) is 0 Å². The lowest BCUT2D eigenvalue weighted by Gasteiger charge is -2.41. The van der Waals surface area contributed by atoms with Crippen LogP contribution in [0, 0.1) is 23.1 Å². The van der Waals surface area contributed by atoms with Crippen LogP contribution in [0.5, 0.6) is 0 Å². The molecule has 0 saturated heterocycles. The maximum atomic E-state index is 13.5. The summed E-state index contributed by atoms with van der Waals surface area (Å²) < 4.78 is 14.6. The molecule has 1 saturated carbocycles. The topological polar surface area (TPSA) is 12.0 Å². The molecular formula is C18H27BrFN. The van der Waals surface area contributed by atoms with Gasteiger partial charge in [-0.15, -0.1) is 0 Å². The van der Waals surface area contributed by atoms with Crippen LogP contribution in [-0.2, 0) is 6.42 Å². The van der Waals surface area contributed by atoms with Gasteiger partial charge in [-0.25, -0.2) is 4.39 Å². The molecule has 1 aliphatic rings. The highest BCUT2D eigenvalue weighted by Gasteiger charge is 2.34.